The molecule has 1 N–H and O–H groups in total. The Kier molecular flexibility index (Phi) is 5.66. The van der Waals surface area contributed by atoms with Crippen LogP contribution in [0.3, 0.4) is 0 Å². The van der Waals surface area contributed by atoms with Crippen LogP contribution in [0.1, 0.15) is 25.3 Å². The second-order valence-electron chi connectivity index (χ2n) is 5.87. The average molecular weight is 307 g/mol. The number of carbonyl (C=O) groups is 1. The Bertz CT molecular complexity index is 517. The summed E-state index contributed by atoms with van der Waals surface area (Å²) in [6, 6.07) is 5.72. The Labute approximate surface area is 131 Å². The van der Waals surface area contributed by atoms with Crippen molar-refractivity contribution in [2.45, 2.75) is 32.3 Å². The minimum Gasteiger partial charge on any atom is -0.493 e. The predicted octanol–water partition coefficient (Wildman–Crippen LogP) is 1.87. The van der Waals surface area contributed by atoms with Gasteiger partial charge in [-0.3, -0.25) is 4.79 Å². The van der Waals surface area contributed by atoms with Gasteiger partial charge in [0.1, 0.15) is 0 Å². The summed E-state index contributed by atoms with van der Waals surface area (Å²) >= 11 is 0. The first-order valence-electron chi connectivity index (χ1n) is 7.73. The van der Waals surface area contributed by atoms with Gasteiger partial charge < -0.3 is 19.5 Å². The Morgan fingerprint density at radius 3 is 2.73 bits per heavy atom. The molecule has 0 aliphatic carbocycles. The van der Waals surface area contributed by atoms with Crippen LogP contribution >= 0.6 is 0 Å². The fourth-order valence-corrected chi connectivity index (χ4v) is 2.92. The van der Waals surface area contributed by atoms with Crippen molar-refractivity contribution >= 4 is 5.91 Å². The number of piperidine rings is 1. The largest absolute Gasteiger partial charge is 0.493 e. The van der Waals surface area contributed by atoms with Crippen molar-refractivity contribution in [1.82, 2.24) is 4.90 Å². The lowest BCUT2D eigenvalue weighted by Crippen LogP contribution is -2.44. The lowest BCUT2D eigenvalue weighted by molar-refractivity contribution is -0.138. The third kappa shape index (κ3) is 3.91. The van der Waals surface area contributed by atoms with E-state index in [2.05, 4.69) is 0 Å². The summed E-state index contributed by atoms with van der Waals surface area (Å²) in [7, 11) is 3.21. The zero-order chi connectivity index (χ0) is 16.1. The van der Waals surface area contributed by atoms with Crippen LogP contribution in [0.25, 0.3) is 0 Å². The maximum absolute atomic E-state index is 12.5. The van der Waals surface area contributed by atoms with E-state index < -0.39 is 0 Å². The SMILES string of the molecule is COc1ccc(CC(C)C(=O)N2CCCC(O)C2)cc1OC. The van der Waals surface area contributed by atoms with Gasteiger partial charge in [0.15, 0.2) is 11.5 Å². The minimum atomic E-state index is -0.383. The molecule has 22 heavy (non-hydrogen) atoms. The number of rotatable bonds is 5. The molecule has 2 rings (SSSR count). The highest BCUT2D eigenvalue weighted by Gasteiger charge is 2.26. The molecule has 122 valence electrons. The molecule has 1 aliphatic heterocycles. The predicted molar refractivity (Wildman–Crippen MR) is 84.2 cm³/mol. The van der Waals surface area contributed by atoms with Gasteiger partial charge in [-0.25, -0.2) is 0 Å². The number of hydrogen-bond donors (Lipinski definition) is 1. The number of nitrogens with zero attached hydrogens (tertiary/aromatic N) is 1. The van der Waals surface area contributed by atoms with Crippen molar-refractivity contribution < 1.29 is 19.4 Å². The lowest BCUT2D eigenvalue weighted by atomic mass is 9.98. The molecule has 1 aromatic rings. The van der Waals surface area contributed by atoms with Crippen molar-refractivity contribution in [2.24, 2.45) is 5.92 Å². The van der Waals surface area contributed by atoms with E-state index in [9.17, 15) is 9.90 Å². The van der Waals surface area contributed by atoms with Gasteiger partial charge in [0.2, 0.25) is 5.91 Å². The first kappa shape index (κ1) is 16.6. The monoisotopic (exact) mass is 307 g/mol. The fourth-order valence-electron chi connectivity index (χ4n) is 2.92. The molecule has 1 fully saturated rings. The first-order chi connectivity index (χ1) is 10.5. The average Bonchev–Trinajstić information content (AvgIpc) is 2.53. The number of carbonyl (C=O) groups excluding carboxylic acids is 1. The fraction of sp³-hybridized carbons (Fsp3) is 0.588. The van der Waals surface area contributed by atoms with Gasteiger partial charge in [-0.15, -0.1) is 0 Å². The molecule has 0 spiro atoms. The minimum absolute atomic E-state index is 0.105. The van der Waals surface area contributed by atoms with Gasteiger partial charge in [0.25, 0.3) is 0 Å². The summed E-state index contributed by atoms with van der Waals surface area (Å²) in [6.07, 6.45) is 1.92. The van der Waals surface area contributed by atoms with E-state index in [4.69, 9.17) is 9.47 Å². The van der Waals surface area contributed by atoms with Crippen molar-refractivity contribution in [3.63, 3.8) is 0 Å². The molecule has 1 amide bonds. The summed E-state index contributed by atoms with van der Waals surface area (Å²) in [6.45, 7) is 3.13. The summed E-state index contributed by atoms with van der Waals surface area (Å²) in [5, 5.41) is 9.70. The van der Waals surface area contributed by atoms with Gasteiger partial charge in [-0.2, -0.15) is 0 Å². The van der Waals surface area contributed by atoms with E-state index in [1.165, 1.54) is 0 Å². The van der Waals surface area contributed by atoms with Crippen LogP contribution in [-0.4, -0.2) is 49.3 Å². The highest BCUT2D eigenvalue weighted by atomic mass is 16.5. The molecule has 0 radical (unpaired) electrons. The number of aliphatic hydroxyl groups is 1. The zero-order valence-electron chi connectivity index (χ0n) is 13.5. The van der Waals surface area contributed by atoms with Crippen LogP contribution in [0.5, 0.6) is 11.5 Å². The number of β-amino-alcohol motifs (C(OH)–C–C–N with tert-alkyl or cyclic N) is 1. The summed E-state index contributed by atoms with van der Waals surface area (Å²) < 4.78 is 10.5. The number of aliphatic hydroxyl groups excluding tert-OH is 1. The smallest absolute Gasteiger partial charge is 0.225 e. The Morgan fingerprint density at radius 2 is 2.09 bits per heavy atom. The third-order valence-corrected chi connectivity index (χ3v) is 4.12. The summed E-state index contributed by atoms with van der Waals surface area (Å²) in [5.41, 5.74) is 1.04. The molecular weight excluding hydrogens is 282 g/mol. The quantitative estimate of drug-likeness (QED) is 0.902. The van der Waals surface area contributed by atoms with E-state index in [0.29, 0.717) is 24.5 Å². The Hall–Kier alpha value is -1.75. The maximum atomic E-state index is 12.5. The molecule has 1 saturated heterocycles. The lowest BCUT2D eigenvalue weighted by Gasteiger charge is -2.32. The number of hydrogen-bond acceptors (Lipinski definition) is 4. The number of ether oxygens (including phenoxy) is 2. The highest BCUT2D eigenvalue weighted by Crippen LogP contribution is 2.28. The van der Waals surface area contributed by atoms with Crippen molar-refractivity contribution in [1.29, 1.82) is 0 Å². The van der Waals surface area contributed by atoms with Crippen LogP contribution in [0.4, 0.5) is 0 Å². The molecule has 2 atom stereocenters. The van der Waals surface area contributed by atoms with E-state index in [-0.39, 0.29) is 17.9 Å². The van der Waals surface area contributed by atoms with Crippen LogP contribution < -0.4 is 9.47 Å². The van der Waals surface area contributed by atoms with E-state index in [1.54, 1.807) is 19.1 Å². The van der Waals surface area contributed by atoms with Crippen LogP contribution in [0.2, 0.25) is 0 Å². The van der Waals surface area contributed by atoms with Crippen LogP contribution in [0.15, 0.2) is 18.2 Å². The number of amides is 1. The van der Waals surface area contributed by atoms with Gasteiger partial charge in [0.05, 0.1) is 20.3 Å². The number of benzene rings is 1. The van der Waals surface area contributed by atoms with Gasteiger partial charge in [0, 0.05) is 19.0 Å². The van der Waals surface area contributed by atoms with Crippen molar-refractivity contribution in [3.8, 4) is 11.5 Å². The van der Waals surface area contributed by atoms with E-state index in [1.807, 2.05) is 25.1 Å². The molecule has 1 heterocycles. The summed E-state index contributed by atoms with van der Waals surface area (Å²) in [4.78, 5) is 14.3. The molecule has 0 aromatic heterocycles. The summed E-state index contributed by atoms with van der Waals surface area (Å²) in [5.74, 6) is 1.34. The molecular formula is C17H25NO4. The maximum Gasteiger partial charge on any atom is 0.225 e. The van der Waals surface area contributed by atoms with Crippen molar-refractivity contribution in [3.05, 3.63) is 23.8 Å². The molecule has 5 nitrogen and oxygen atoms in total. The topological polar surface area (TPSA) is 59.0 Å². The van der Waals surface area contributed by atoms with E-state index >= 15 is 0 Å². The van der Waals surface area contributed by atoms with E-state index in [0.717, 1.165) is 24.9 Å². The van der Waals surface area contributed by atoms with Gasteiger partial charge in [-0.05, 0) is 37.0 Å². The highest BCUT2D eigenvalue weighted by molar-refractivity contribution is 5.79. The molecule has 0 bridgehead atoms. The second-order valence-corrected chi connectivity index (χ2v) is 5.87. The molecule has 0 saturated carbocycles. The molecule has 1 aromatic carbocycles. The van der Waals surface area contributed by atoms with Crippen LogP contribution in [0, 0.1) is 5.92 Å². The zero-order valence-corrected chi connectivity index (χ0v) is 13.5. The Morgan fingerprint density at radius 1 is 1.36 bits per heavy atom. The number of likely N-dealkylation sites (tertiary alicyclic amines) is 1. The first-order valence-corrected chi connectivity index (χ1v) is 7.73. The molecule has 5 heteroatoms. The van der Waals surface area contributed by atoms with Crippen LogP contribution in [-0.2, 0) is 11.2 Å². The molecule has 1 aliphatic rings. The standard InChI is InChI=1S/C17H25NO4/c1-12(17(20)18-8-4-5-14(19)11-18)9-13-6-7-15(21-2)16(10-13)22-3/h6-7,10,12,14,19H,4-5,8-9,11H2,1-3H3. The normalized spacial score (nSPS) is 19.6. The second kappa shape index (κ2) is 7.49. The van der Waals surface area contributed by atoms with Gasteiger partial charge in [-0.1, -0.05) is 13.0 Å². The number of methoxy groups -OCH3 is 2. The third-order valence-electron chi connectivity index (χ3n) is 4.12. The molecule has 2 unspecified atom stereocenters. The van der Waals surface area contributed by atoms with Crippen molar-refractivity contribution in [2.75, 3.05) is 27.3 Å². The van der Waals surface area contributed by atoms with Gasteiger partial charge >= 0.3 is 0 Å². The Balaban J connectivity index is 2.01.